The minimum atomic E-state index is -0.118. The molecular weight excluding hydrogens is 261 g/mol. The third kappa shape index (κ3) is 2.75. The largest absolute Gasteiger partial charge is 0.323 e. The van der Waals surface area contributed by atoms with Crippen LogP contribution in [-0.4, -0.2) is 0 Å². The lowest BCUT2D eigenvalue weighted by Gasteiger charge is -2.11. The summed E-state index contributed by atoms with van der Waals surface area (Å²) in [5.41, 5.74) is 6.88. The molecule has 0 amide bonds. The molecule has 74 valence electrons. The fourth-order valence-corrected chi connectivity index (χ4v) is 1.78. The molecule has 2 N–H and O–H groups in total. The maximum absolute atomic E-state index is 6.09. The Labute approximate surface area is 97.8 Å². The van der Waals surface area contributed by atoms with Crippen LogP contribution in [0.4, 0.5) is 0 Å². The predicted octanol–water partition coefficient (Wildman–Crippen LogP) is 3.52. The molecule has 0 aliphatic heterocycles. The average Bonchev–Trinajstić information content (AvgIpc) is 2.18. The molecule has 0 bridgehead atoms. The summed E-state index contributed by atoms with van der Waals surface area (Å²) in [7, 11) is 0. The maximum Gasteiger partial charge on any atom is 0.0596 e. The highest BCUT2D eigenvalue weighted by atomic mass is 79.9. The van der Waals surface area contributed by atoms with Crippen molar-refractivity contribution < 1.29 is 0 Å². The highest BCUT2D eigenvalue weighted by Gasteiger charge is 2.10. The quantitative estimate of drug-likeness (QED) is 0.819. The van der Waals surface area contributed by atoms with Crippen molar-refractivity contribution in [2.45, 2.75) is 19.4 Å². The van der Waals surface area contributed by atoms with Gasteiger partial charge in [0.15, 0.2) is 0 Å². The molecule has 1 nitrogen and oxygen atoms in total. The average molecular weight is 273 g/mol. The SMILES string of the molecule is CC#CCC(N)c1cccc(Br)c1Cl. The van der Waals surface area contributed by atoms with Crippen molar-refractivity contribution in [3.63, 3.8) is 0 Å². The van der Waals surface area contributed by atoms with Gasteiger partial charge in [-0.15, -0.1) is 11.8 Å². The zero-order valence-corrected chi connectivity index (χ0v) is 10.2. The van der Waals surface area contributed by atoms with Crippen LogP contribution < -0.4 is 5.73 Å². The summed E-state index contributed by atoms with van der Waals surface area (Å²) < 4.78 is 0.872. The Morgan fingerprint density at radius 2 is 2.29 bits per heavy atom. The smallest absolute Gasteiger partial charge is 0.0596 e. The molecule has 3 heteroatoms. The minimum absolute atomic E-state index is 0.118. The zero-order valence-electron chi connectivity index (χ0n) is 7.85. The van der Waals surface area contributed by atoms with Gasteiger partial charge in [-0.25, -0.2) is 0 Å². The first-order chi connectivity index (χ1) is 6.66. The second-order valence-electron chi connectivity index (χ2n) is 2.88. The molecule has 1 rings (SSSR count). The number of rotatable bonds is 2. The lowest BCUT2D eigenvalue weighted by Crippen LogP contribution is -2.09. The molecule has 0 saturated carbocycles. The third-order valence-electron chi connectivity index (χ3n) is 1.88. The Bertz CT molecular complexity index is 379. The number of halogens is 2. The molecule has 0 aliphatic carbocycles. The third-order valence-corrected chi connectivity index (χ3v) is 3.19. The number of benzene rings is 1. The van der Waals surface area contributed by atoms with Gasteiger partial charge in [0.25, 0.3) is 0 Å². The van der Waals surface area contributed by atoms with Gasteiger partial charge in [0.05, 0.1) is 5.02 Å². The highest BCUT2D eigenvalue weighted by molar-refractivity contribution is 9.10. The van der Waals surface area contributed by atoms with E-state index in [-0.39, 0.29) is 6.04 Å². The van der Waals surface area contributed by atoms with E-state index in [1.165, 1.54) is 0 Å². The van der Waals surface area contributed by atoms with E-state index < -0.39 is 0 Å². The Hall–Kier alpha value is -0.490. The van der Waals surface area contributed by atoms with E-state index in [1.54, 1.807) is 6.92 Å². The van der Waals surface area contributed by atoms with Crippen LogP contribution in [-0.2, 0) is 0 Å². The van der Waals surface area contributed by atoms with Gasteiger partial charge in [-0.2, -0.15) is 0 Å². The first kappa shape index (κ1) is 11.6. The maximum atomic E-state index is 6.09. The van der Waals surface area contributed by atoms with Crippen LogP contribution >= 0.6 is 27.5 Å². The summed E-state index contributed by atoms with van der Waals surface area (Å²) >= 11 is 9.45. The van der Waals surface area contributed by atoms with Gasteiger partial charge >= 0.3 is 0 Å². The Kier molecular flexibility index (Phi) is 4.47. The van der Waals surface area contributed by atoms with Crippen molar-refractivity contribution in [2.24, 2.45) is 5.73 Å². The molecule has 14 heavy (non-hydrogen) atoms. The number of hydrogen-bond donors (Lipinski definition) is 1. The van der Waals surface area contributed by atoms with Crippen molar-refractivity contribution in [3.8, 4) is 11.8 Å². The summed E-state index contributed by atoms with van der Waals surface area (Å²) in [5.74, 6) is 5.76. The summed E-state index contributed by atoms with van der Waals surface area (Å²) in [6.45, 7) is 1.80. The first-order valence-corrected chi connectivity index (χ1v) is 5.43. The van der Waals surface area contributed by atoms with E-state index in [0.717, 1.165) is 10.0 Å². The van der Waals surface area contributed by atoms with Crippen molar-refractivity contribution in [1.29, 1.82) is 0 Å². The first-order valence-electron chi connectivity index (χ1n) is 4.26. The normalized spacial score (nSPS) is 11.7. The molecule has 1 aromatic rings. The molecule has 0 fully saturated rings. The van der Waals surface area contributed by atoms with Gasteiger partial charge in [-0.1, -0.05) is 23.7 Å². The fourth-order valence-electron chi connectivity index (χ4n) is 1.13. The predicted molar refractivity (Wildman–Crippen MR) is 64.1 cm³/mol. The summed E-state index contributed by atoms with van der Waals surface area (Å²) in [4.78, 5) is 0. The van der Waals surface area contributed by atoms with E-state index >= 15 is 0 Å². The van der Waals surface area contributed by atoms with Crippen molar-refractivity contribution >= 4 is 27.5 Å². The van der Waals surface area contributed by atoms with E-state index in [1.807, 2.05) is 18.2 Å². The summed E-state index contributed by atoms with van der Waals surface area (Å²) in [5, 5.41) is 0.679. The van der Waals surface area contributed by atoms with Gasteiger partial charge < -0.3 is 5.73 Å². The minimum Gasteiger partial charge on any atom is -0.323 e. The van der Waals surface area contributed by atoms with Gasteiger partial charge in [-0.05, 0) is 34.5 Å². The van der Waals surface area contributed by atoms with Crippen LogP contribution in [0.15, 0.2) is 22.7 Å². The number of hydrogen-bond acceptors (Lipinski definition) is 1. The van der Waals surface area contributed by atoms with Crippen LogP contribution in [0.25, 0.3) is 0 Å². The fraction of sp³-hybridized carbons (Fsp3) is 0.273. The molecule has 0 spiro atoms. The van der Waals surface area contributed by atoms with E-state index in [2.05, 4.69) is 27.8 Å². The van der Waals surface area contributed by atoms with E-state index in [9.17, 15) is 0 Å². The molecule has 0 aromatic heterocycles. The summed E-state index contributed by atoms with van der Waals surface area (Å²) in [6.07, 6.45) is 0.632. The van der Waals surface area contributed by atoms with Gasteiger partial charge in [0.2, 0.25) is 0 Å². The second kappa shape index (κ2) is 5.41. The van der Waals surface area contributed by atoms with E-state index in [4.69, 9.17) is 17.3 Å². The molecule has 1 unspecified atom stereocenters. The molecule has 0 aliphatic rings. The zero-order chi connectivity index (χ0) is 10.6. The van der Waals surface area contributed by atoms with Crippen LogP contribution in [0.2, 0.25) is 5.02 Å². The monoisotopic (exact) mass is 271 g/mol. The van der Waals surface area contributed by atoms with Gasteiger partial charge in [-0.3, -0.25) is 0 Å². The van der Waals surface area contributed by atoms with E-state index in [0.29, 0.717) is 11.4 Å². The Balaban J connectivity index is 2.93. The molecule has 0 heterocycles. The van der Waals surface area contributed by atoms with Crippen molar-refractivity contribution in [1.82, 2.24) is 0 Å². The topological polar surface area (TPSA) is 26.0 Å². The van der Waals surface area contributed by atoms with Crippen LogP contribution in [0.5, 0.6) is 0 Å². The van der Waals surface area contributed by atoms with Crippen LogP contribution in [0, 0.1) is 11.8 Å². The lowest BCUT2D eigenvalue weighted by molar-refractivity contribution is 0.754. The van der Waals surface area contributed by atoms with Gasteiger partial charge in [0, 0.05) is 16.9 Å². The molecule has 0 radical (unpaired) electrons. The second-order valence-corrected chi connectivity index (χ2v) is 4.11. The van der Waals surface area contributed by atoms with Crippen molar-refractivity contribution in [3.05, 3.63) is 33.3 Å². The summed E-state index contributed by atoms with van der Waals surface area (Å²) in [6, 6.07) is 5.62. The Morgan fingerprint density at radius 3 is 2.93 bits per heavy atom. The van der Waals surface area contributed by atoms with Gasteiger partial charge in [0.1, 0.15) is 0 Å². The standard InChI is InChI=1S/C11H11BrClN/c1-2-3-7-10(14)8-5-4-6-9(12)11(8)13/h4-6,10H,7,14H2,1H3. The Morgan fingerprint density at radius 1 is 1.57 bits per heavy atom. The van der Waals surface area contributed by atoms with Crippen molar-refractivity contribution in [2.75, 3.05) is 0 Å². The highest BCUT2D eigenvalue weighted by Crippen LogP contribution is 2.30. The van der Waals surface area contributed by atoms with Crippen LogP contribution in [0.3, 0.4) is 0 Å². The lowest BCUT2D eigenvalue weighted by atomic mass is 10.1. The molecule has 1 aromatic carbocycles. The molecular formula is C11H11BrClN. The number of nitrogens with two attached hydrogens (primary N) is 1. The molecule has 0 saturated heterocycles. The molecule has 1 atom stereocenters. The van der Waals surface area contributed by atoms with Crippen LogP contribution in [0.1, 0.15) is 24.9 Å².